The minimum absolute atomic E-state index is 0.0955. The lowest BCUT2D eigenvalue weighted by Crippen LogP contribution is -2.37. The van der Waals surface area contributed by atoms with Crippen LogP contribution in [0.15, 0.2) is 23.1 Å². The molecule has 2 fully saturated rings. The molecule has 7 nitrogen and oxygen atoms in total. The summed E-state index contributed by atoms with van der Waals surface area (Å²) in [7, 11) is -0.849. The number of carboxylic acids is 1. The average molecular weight is 341 g/mol. The van der Waals surface area contributed by atoms with E-state index in [1.807, 2.05) is 0 Å². The van der Waals surface area contributed by atoms with Crippen LogP contribution in [0.25, 0.3) is 0 Å². The zero-order chi connectivity index (χ0) is 16.8. The van der Waals surface area contributed by atoms with Gasteiger partial charge < -0.3 is 14.6 Å². The zero-order valence-electron chi connectivity index (χ0n) is 12.9. The van der Waals surface area contributed by atoms with Crippen molar-refractivity contribution in [1.29, 1.82) is 0 Å². The van der Waals surface area contributed by atoms with Crippen molar-refractivity contribution in [1.82, 2.24) is 4.31 Å². The Hall–Kier alpha value is -1.80. The number of hydrogen-bond acceptors (Lipinski definition) is 5. The van der Waals surface area contributed by atoms with Crippen LogP contribution >= 0.6 is 0 Å². The van der Waals surface area contributed by atoms with Crippen LogP contribution < -0.4 is 9.47 Å². The van der Waals surface area contributed by atoms with Crippen molar-refractivity contribution in [3.05, 3.63) is 18.2 Å². The third-order valence-corrected chi connectivity index (χ3v) is 6.69. The van der Waals surface area contributed by atoms with Crippen LogP contribution in [0.3, 0.4) is 0 Å². The molecule has 0 saturated carbocycles. The molecule has 2 aliphatic rings. The first-order valence-electron chi connectivity index (χ1n) is 7.38. The Kier molecular flexibility index (Phi) is 3.97. The van der Waals surface area contributed by atoms with E-state index in [-0.39, 0.29) is 10.9 Å². The normalized spacial score (nSPS) is 27.1. The molecule has 2 saturated heterocycles. The summed E-state index contributed by atoms with van der Waals surface area (Å²) in [6.45, 7) is 0. The molecule has 3 rings (SSSR count). The highest BCUT2D eigenvalue weighted by Crippen LogP contribution is 2.45. The van der Waals surface area contributed by atoms with Crippen LogP contribution in [0.1, 0.15) is 19.3 Å². The molecule has 3 atom stereocenters. The summed E-state index contributed by atoms with van der Waals surface area (Å²) in [4.78, 5) is 11.4. The van der Waals surface area contributed by atoms with Gasteiger partial charge in [0.2, 0.25) is 10.0 Å². The first-order valence-corrected chi connectivity index (χ1v) is 8.82. The van der Waals surface area contributed by atoms with Gasteiger partial charge in [-0.25, -0.2) is 8.42 Å². The predicted octanol–water partition coefficient (Wildman–Crippen LogP) is 1.33. The largest absolute Gasteiger partial charge is 0.493 e. The Morgan fingerprint density at radius 3 is 2.48 bits per heavy atom. The molecule has 0 aliphatic carbocycles. The van der Waals surface area contributed by atoms with Crippen LogP contribution in [-0.4, -0.2) is 50.1 Å². The number of fused-ring (bicyclic) bond motifs is 2. The van der Waals surface area contributed by atoms with Gasteiger partial charge in [-0.1, -0.05) is 0 Å². The maximum absolute atomic E-state index is 13.0. The summed E-state index contributed by atoms with van der Waals surface area (Å²) < 4.78 is 37.6. The van der Waals surface area contributed by atoms with Crippen LogP contribution in [-0.2, 0) is 14.8 Å². The highest BCUT2D eigenvalue weighted by molar-refractivity contribution is 7.89. The van der Waals surface area contributed by atoms with Crippen molar-refractivity contribution in [2.24, 2.45) is 5.92 Å². The van der Waals surface area contributed by atoms with Crippen molar-refractivity contribution in [3.8, 4) is 11.5 Å². The maximum atomic E-state index is 13.0. The number of benzene rings is 1. The molecular formula is C15H19NO6S. The van der Waals surface area contributed by atoms with Crippen LogP contribution in [0.2, 0.25) is 0 Å². The van der Waals surface area contributed by atoms with Crippen molar-refractivity contribution in [3.63, 3.8) is 0 Å². The molecule has 0 spiro atoms. The van der Waals surface area contributed by atoms with Gasteiger partial charge in [0.25, 0.3) is 0 Å². The molecule has 126 valence electrons. The Morgan fingerprint density at radius 1 is 1.22 bits per heavy atom. The van der Waals surface area contributed by atoms with E-state index in [1.54, 1.807) is 6.07 Å². The highest BCUT2D eigenvalue weighted by Gasteiger charge is 2.54. The van der Waals surface area contributed by atoms with E-state index in [2.05, 4.69) is 0 Å². The molecule has 0 amide bonds. The second kappa shape index (κ2) is 5.68. The molecule has 0 aromatic heterocycles. The van der Waals surface area contributed by atoms with Crippen molar-refractivity contribution >= 4 is 16.0 Å². The van der Waals surface area contributed by atoms with Gasteiger partial charge in [-0.05, 0) is 31.4 Å². The predicted molar refractivity (Wildman–Crippen MR) is 81.1 cm³/mol. The SMILES string of the molecule is COc1ccc(S(=O)(=O)N2C3CCC2C(C(=O)O)C3)cc1OC. The molecule has 2 bridgehead atoms. The Labute approximate surface area is 134 Å². The summed E-state index contributed by atoms with van der Waals surface area (Å²) >= 11 is 0. The summed E-state index contributed by atoms with van der Waals surface area (Å²) in [6.07, 6.45) is 1.68. The molecule has 2 aliphatic heterocycles. The Balaban J connectivity index is 1.98. The van der Waals surface area contributed by atoms with Crippen molar-refractivity contribution in [2.75, 3.05) is 14.2 Å². The number of nitrogens with zero attached hydrogens (tertiary/aromatic N) is 1. The van der Waals surface area contributed by atoms with E-state index in [0.29, 0.717) is 30.8 Å². The fraction of sp³-hybridized carbons (Fsp3) is 0.533. The number of aliphatic carboxylic acids is 1. The van der Waals surface area contributed by atoms with Crippen LogP contribution in [0.4, 0.5) is 0 Å². The van der Waals surface area contributed by atoms with Gasteiger partial charge in [0.1, 0.15) is 0 Å². The number of rotatable bonds is 5. The van der Waals surface area contributed by atoms with E-state index in [0.717, 1.165) is 0 Å². The van der Waals surface area contributed by atoms with Gasteiger partial charge in [0.15, 0.2) is 11.5 Å². The molecule has 1 aromatic rings. The Morgan fingerprint density at radius 2 is 1.91 bits per heavy atom. The van der Waals surface area contributed by atoms with Gasteiger partial charge in [-0.15, -0.1) is 0 Å². The first kappa shape index (κ1) is 16.1. The quantitative estimate of drug-likeness (QED) is 0.868. The van der Waals surface area contributed by atoms with E-state index in [1.165, 1.54) is 30.7 Å². The van der Waals surface area contributed by atoms with Gasteiger partial charge in [0, 0.05) is 18.2 Å². The minimum atomic E-state index is -3.76. The third kappa shape index (κ3) is 2.46. The Bertz CT molecular complexity index is 731. The molecule has 23 heavy (non-hydrogen) atoms. The maximum Gasteiger partial charge on any atom is 0.308 e. The standard InChI is InChI=1S/C15H19NO6S/c1-21-13-6-4-10(8-14(13)22-2)23(19,20)16-9-3-5-12(16)11(7-9)15(17)18/h4,6,8-9,11-12H,3,5,7H2,1-2H3,(H,17,18). The summed E-state index contributed by atoms with van der Waals surface area (Å²) in [5, 5.41) is 9.28. The molecular weight excluding hydrogens is 322 g/mol. The fourth-order valence-corrected chi connectivity index (χ4v) is 5.61. The third-order valence-electron chi connectivity index (χ3n) is 4.72. The van der Waals surface area contributed by atoms with Crippen LogP contribution in [0, 0.1) is 5.92 Å². The number of sulfonamides is 1. The van der Waals surface area contributed by atoms with Gasteiger partial charge in [-0.3, -0.25) is 4.79 Å². The van der Waals surface area contributed by atoms with E-state index < -0.39 is 28.0 Å². The van der Waals surface area contributed by atoms with E-state index >= 15 is 0 Å². The molecule has 2 heterocycles. The van der Waals surface area contributed by atoms with E-state index in [4.69, 9.17) is 9.47 Å². The first-order chi connectivity index (χ1) is 10.9. The lowest BCUT2D eigenvalue weighted by Gasteiger charge is -2.23. The molecule has 3 unspecified atom stereocenters. The summed E-state index contributed by atoms with van der Waals surface area (Å²) in [5.74, 6) is -0.775. The van der Waals surface area contributed by atoms with Crippen molar-refractivity contribution < 1.29 is 27.8 Å². The summed E-state index contributed by atoms with van der Waals surface area (Å²) in [6, 6.07) is 3.72. The van der Waals surface area contributed by atoms with Gasteiger partial charge in [-0.2, -0.15) is 4.31 Å². The number of carbonyl (C=O) groups is 1. The smallest absolute Gasteiger partial charge is 0.308 e. The summed E-state index contributed by atoms with van der Waals surface area (Å²) in [5.41, 5.74) is 0. The lowest BCUT2D eigenvalue weighted by atomic mass is 9.89. The number of methoxy groups -OCH3 is 2. The molecule has 0 radical (unpaired) electrons. The van der Waals surface area contributed by atoms with Crippen LogP contribution in [0.5, 0.6) is 11.5 Å². The second-order valence-electron chi connectivity index (χ2n) is 5.83. The molecule has 1 N–H and O–H groups in total. The van der Waals surface area contributed by atoms with Gasteiger partial charge in [0.05, 0.1) is 25.0 Å². The zero-order valence-corrected chi connectivity index (χ0v) is 13.7. The minimum Gasteiger partial charge on any atom is -0.493 e. The monoisotopic (exact) mass is 341 g/mol. The molecule has 8 heteroatoms. The molecule has 1 aromatic carbocycles. The van der Waals surface area contributed by atoms with Crippen molar-refractivity contribution in [2.45, 2.75) is 36.2 Å². The highest BCUT2D eigenvalue weighted by atomic mass is 32.2. The number of ether oxygens (including phenoxy) is 2. The second-order valence-corrected chi connectivity index (χ2v) is 7.67. The number of carboxylic acid groups (broad SMARTS) is 1. The number of hydrogen-bond donors (Lipinski definition) is 1. The lowest BCUT2D eigenvalue weighted by molar-refractivity contribution is -0.142. The van der Waals surface area contributed by atoms with E-state index in [9.17, 15) is 18.3 Å². The topological polar surface area (TPSA) is 93.1 Å². The average Bonchev–Trinajstić information content (AvgIpc) is 3.12. The fourth-order valence-electron chi connectivity index (χ4n) is 3.68. The van der Waals surface area contributed by atoms with Gasteiger partial charge >= 0.3 is 5.97 Å².